The molecular formula is C9H10BrNO4S2. The summed E-state index contributed by atoms with van der Waals surface area (Å²) in [5.41, 5.74) is -0.371. The minimum Gasteiger partial charge on any atom is -0.477 e. The van der Waals surface area contributed by atoms with Crippen LogP contribution in [0.15, 0.2) is 14.7 Å². The summed E-state index contributed by atoms with van der Waals surface area (Å²) >= 11 is 3.98. The van der Waals surface area contributed by atoms with Gasteiger partial charge >= 0.3 is 5.97 Å². The van der Waals surface area contributed by atoms with E-state index >= 15 is 0 Å². The first-order valence-corrected chi connectivity index (χ1v) is 7.89. The summed E-state index contributed by atoms with van der Waals surface area (Å²) in [5, 5.41) is 8.81. The smallest absolute Gasteiger partial charge is 0.345 e. The van der Waals surface area contributed by atoms with Gasteiger partial charge in [0.05, 0.1) is 3.79 Å². The molecule has 0 bridgehead atoms. The Labute approximate surface area is 111 Å². The van der Waals surface area contributed by atoms with Crippen molar-refractivity contribution >= 4 is 43.3 Å². The van der Waals surface area contributed by atoms with Gasteiger partial charge in [-0.1, -0.05) is 0 Å². The van der Waals surface area contributed by atoms with Crippen LogP contribution in [-0.4, -0.2) is 25.0 Å². The van der Waals surface area contributed by atoms with Gasteiger partial charge in [0.2, 0.25) is 10.0 Å². The van der Waals surface area contributed by atoms with E-state index in [-0.39, 0.29) is 15.3 Å². The van der Waals surface area contributed by atoms with E-state index in [4.69, 9.17) is 5.11 Å². The SMILES string of the molecule is CC1(NS(=O)(=O)c2cc(C(=O)O)sc2Br)CC1. The molecule has 1 aromatic rings. The number of thiophene rings is 1. The van der Waals surface area contributed by atoms with Gasteiger partial charge in [-0.2, -0.15) is 0 Å². The number of hydrogen-bond donors (Lipinski definition) is 2. The van der Waals surface area contributed by atoms with Crippen molar-refractivity contribution in [3.63, 3.8) is 0 Å². The lowest BCUT2D eigenvalue weighted by atomic mass is 10.4. The molecular weight excluding hydrogens is 330 g/mol. The Balaban J connectivity index is 2.35. The summed E-state index contributed by atoms with van der Waals surface area (Å²) < 4.78 is 26.9. The molecule has 0 spiro atoms. The highest BCUT2D eigenvalue weighted by molar-refractivity contribution is 9.11. The first-order chi connectivity index (χ1) is 7.73. The van der Waals surface area contributed by atoms with Crippen molar-refractivity contribution in [3.8, 4) is 0 Å². The fraction of sp³-hybridized carbons (Fsp3) is 0.444. The predicted molar refractivity (Wildman–Crippen MR) is 66.9 cm³/mol. The van der Waals surface area contributed by atoms with Crippen molar-refractivity contribution in [2.45, 2.75) is 30.2 Å². The molecule has 0 aromatic carbocycles. The molecule has 1 aliphatic rings. The standard InChI is InChI=1S/C9H10BrNO4S2/c1-9(2-3-9)11-17(14,15)6-4-5(8(12)13)16-7(6)10/h4,11H,2-3H2,1H3,(H,12,13). The minimum absolute atomic E-state index is 0.00167. The lowest BCUT2D eigenvalue weighted by Gasteiger charge is -2.11. The molecule has 1 heterocycles. The Bertz CT molecular complexity index is 574. The van der Waals surface area contributed by atoms with Crippen molar-refractivity contribution in [2.75, 3.05) is 0 Å². The first kappa shape index (κ1) is 13.0. The number of aromatic carboxylic acids is 1. The molecule has 94 valence electrons. The second-order valence-electron chi connectivity index (χ2n) is 4.22. The Morgan fingerprint density at radius 2 is 2.18 bits per heavy atom. The fourth-order valence-corrected chi connectivity index (χ4v) is 5.18. The van der Waals surface area contributed by atoms with Crippen molar-refractivity contribution in [3.05, 3.63) is 14.7 Å². The van der Waals surface area contributed by atoms with E-state index in [1.54, 1.807) is 0 Å². The Kier molecular flexibility index (Phi) is 3.09. The number of hydrogen-bond acceptors (Lipinski definition) is 4. The molecule has 0 unspecified atom stereocenters. The van der Waals surface area contributed by atoms with Gasteiger partial charge in [0.25, 0.3) is 0 Å². The van der Waals surface area contributed by atoms with Crippen LogP contribution in [0.4, 0.5) is 0 Å². The molecule has 2 rings (SSSR count). The van der Waals surface area contributed by atoms with Crippen molar-refractivity contribution in [2.24, 2.45) is 0 Å². The molecule has 1 aliphatic carbocycles. The van der Waals surface area contributed by atoms with Gasteiger partial charge in [0.15, 0.2) is 0 Å². The fourth-order valence-electron chi connectivity index (χ4n) is 1.31. The summed E-state index contributed by atoms with van der Waals surface area (Å²) in [5.74, 6) is -1.13. The summed E-state index contributed by atoms with van der Waals surface area (Å²) in [6.45, 7) is 1.82. The van der Waals surface area contributed by atoms with Crippen LogP contribution in [0.1, 0.15) is 29.4 Å². The van der Waals surface area contributed by atoms with E-state index in [0.717, 1.165) is 24.2 Å². The van der Waals surface area contributed by atoms with Gasteiger partial charge in [0.1, 0.15) is 9.77 Å². The van der Waals surface area contributed by atoms with Crippen LogP contribution in [0.2, 0.25) is 0 Å². The second-order valence-corrected chi connectivity index (χ2v) is 8.24. The number of carboxylic acid groups (broad SMARTS) is 1. The van der Waals surface area contributed by atoms with E-state index in [9.17, 15) is 13.2 Å². The van der Waals surface area contributed by atoms with Crippen LogP contribution in [0.3, 0.4) is 0 Å². The molecule has 1 fully saturated rings. The average molecular weight is 340 g/mol. The first-order valence-electron chi connectivity index (χ1n) is 4.80. The quantitative estimate of drug-likeness (QED) is 0.879. The van der Waals surface area contributed by atoms with E-state index < -0.39 is 16.0 Å². The number of halogens is 1. The predicted octanol–water partition coefficient (Wildman–Crippen LogP) is 2.04. The summed E-state index contributed by atoms with van der Waals surface area (Å²) in [6.07, 6.45) is 1.61. The summed E-state index contributed by atoms with van der Waals surface area (Å²) in [7, 11) is -3.65. The zero-order valence-corrected chi connectivity index (χ0v) is 12.1. The van der Waals surface area contributed by atoms with E-state index in [2.05, 4.69) is 20.7 Å². The molecule has 8 heteroatoms. The topological polar surface area (TPSA) is 83.5 Å². The maximum absolute atomic E-state index is 12.0. The molecule has 5 nitrogen and oxygen atoms in total. The van der Waals surface area contributed by atoms with Crippen LogP contribution in [0, 0.1) is 0 Å². The van der Waals surface area contributed by atoms with Gasteiger partial charge < -0.3 is 5.11 Å². The molecule has 17 heavy (non-hydrogen) atoms. The maximum atomic E-state index is 12.0. The largest absolute Gasteiger partial charge is 0.477 e. The van der Waals surface area contributed by atoms with Gasteiger partial charge in [0, 0.05) is 5.54 Å². The third-order valence-corrected chi connectivity index (χ3v) is 6.42. The summed E-state index contributed by atoms with van der Waals surface area (Å²) in [4.78, 5) is 10.8. The maximum Gasteiger partial charge on any atom is 0.345 e. The highest BCUT2D eigenvalue weighted by atomic mass is 79.9. The van der Waals surface area contributed by atoms with Gasteiger partial charge in [-0.15, -0.1) is 11.3 Å². The molecule has 0 aliphatic heterocycles. The summed E-state index contributed by atoms with van der Waals surface area (Å²) in [6, 6.07) is 1.17. The van der Waals surface area contributed by atoms with Gasteiger partial charge in [-0.05, 0) is 41.8 Å². The highest BCUT2D eigenvalue weighted by Crippen LogP contribution is 2.38. The van der Waals surface area contributed by atoms with Gasteiger partial charge in [-0.3, -0.25) is 0 Å². The lowest BCUT2D eigenvalue weighted by Crippen LogP contribution is -2.34. The Hall–Kier alpha value is -0.440. The van der Waals surface area contributed by atoms with E-state index in [1.165, 1.54) is 6.07 Å². The van der Waals surface area contributed by atoms with Crippen molar-refractivity contribution in [1.82, 2.24) is 4.72 Å². The molecule has 0 saturated heterocycles. The normalized spacial score (nSPS) is 18.0. The second kappa shape index (κ2) is 4.04. The highest BCUT2D eigenvalue weighted by Gasteiger charge is 2.42. The minimum atomic E-state index is -3.65. The van der Waals surface area contributed by atoms with E-state index in [0.29, 0.717) is 3.79 Å². The van der Waals surface area contributed by atoms with Gasteiger partial charge in [-0.25, -0.2) is 17.9 Å². The van der Waals surface area contributed by atoms with Crippen LogP contribution in [-0.2, 0) is 10.0 Å². The number of nitrogens with one attached hydrogen (secondary N) is 1. The Morgan fingerprint density at radius 1 is 1.59 bits per heavy atom. The molecule has 0 amide bonds. The van der Waals surface area contributed by atoms with Crippen LogP contribution in [0.25, 0.3) is 0 Å². The van der Waals surface area contributed by atoms with Crippen LogP contribution in [0.5, 0.6) is 0 Å². The molecule has 2 N–H and O–H groups in total. The molecule has 1 aromatic heterocycles. The van der Waals surface area contributed by atoms with Crippen LogP contribution >= 0.6 is 27.3 Å². The zero-order chi connectivity index (χ0) is 12.8. The number of rotatable bonds is 4. The number of carbonyl (C=O) groups is 1. The number of carboxylic acids is 1. The molecule has 0 radical (unpaired) electrons. The average Bonchev–Trinajstić information content (AvgIpc) is 2.75. The number of sulfonamides is 1. The van der Waals surface area contributed by atoms with Crippen LogP contribution < -0.4 is 4.72 Å². The monoisotopic (exact) mass is 339 g/mol. The Morgan fingerprint density at radius 3 is 2.59 bits per heavy atom. The molecule has 1 saturated carbocycles. The third-order valence-electron chi connectivity index (χ3n) is 2.54. The van der Waals surface area contributed by atoms with E-state index in [1.807, 2.05) is 6.92 Å². The lowest BCUT2D eigenvalue weighted by molar-refractivity contribution is 0.0702. The molecule has 0 atom stereocenters. The third kappa shape index (κ3) is 2.70. The van der Waals surface area contributed by atoms with Crippen molar-refractivity contribution in [1.29, 1.82) is 0 Å². The zero-order valence-electron chi connectivity index (χ0n) is 8.86. The van der Waals surface area contributed by atoms with Crippen molar-refractivity contribution < 1.29 is 18.3 Å².